The van der Waals surface area contributed by atoms with Crippen LogP contribution >= 0.6 is 11.3 Å². The van der Waals surface area contributed by atoms with E-state index in [9.17, 15) is 42.5 Å². The van der Waals surface area contributed by atoms with Crippen LogP contribution in [-0.4, -0.2) is 277 Å². The van der Waals surface area contributed by atoms with Crippen LogP contribution in [0.3, 0.4) is 0 Å². The number of aromatic nitrogens is 1. The van der Waals surface area contributed by atoms with Gasteiger partial charge in [0, 0.05) is 198 Å². The Morgan fingerprint density at radius 1 is 0.487 bits per heavy atom. The number of piperazine rings is 2. The summed E-state index contributed by atoms with van der Waals surface area (Å²) < 4.78 is 25.6. The number of quaternary nitrogens is 1. The standard InChI is InChI=1S/C17H26N2O.C15H22N2O.C12H24N2O.C11H23N3O.C11H22N2O.C10H19F2N3O.C10H17N3OS/c1-14(2)17(20)18-10-12-19-11-6-9-16(13-19)15-7-4-3-5-8-15;1-12(2)15(18)16-9-11-17-10-5-7-13-6-3-4-8-14(13)17;1-10(2)12(15)13-6-8-14-7-4-5-11(3)9-14;1-10(2)11(15)12-4-5-14-8-6-13(3)7-9-14;1-11(2,3)12-10(14)9-13-7-5-4-6-8-13;1-9(2)10(16)13-3-4-14-5-7-15(11,12)8-6-14;1-8(2)10(14)13-4-3-11-7-9-12-5-6-15-9/h3-5,7-8,14,16H,6,9-13H2,1-2H3,(H,18,20);3-4,6,8,12H,5,7,9-11H2,1-2H3,(H,16,18);10-11H,4-9H2,1-3H3,(H,13,15);10H,4-9H2,1-3H3,(H,12,15);4-9H2,1-3H3,(H,12,14);9H,3-8H2,1-2H3;5-6,8,11H,3-4,7H2,1-2H3,(H,13,14)/p+1. The van der Waals surface area contributed by atoms with Crippen molar-refractivity contribution in [3.05, 3.63) is 82.3 Å². The average molecular weight is 1610 g/mol. The molecule has 3 aromatic rings. The number of likely N-dealkylation sites (N-methyl/N-ethyl adjacent to an activating group) is 1. The lowest BCUT2D eigenvalue weighted by Crippen LogP contribution is -2.51. The molecule has 7 amide bonds. The first-order valence-electron chi connectivity index (χ1n) is 42.6. The molecule has 6 aliphatic heterocycles. The zero-order chi connectivity index (χ0) is 83.7. The van der Waals surface area contributed by atoms with Gasteiger partial charge in [-0.2, -0.15) is 0 Å². The second-order valence-corrected chi connectivity index (χ2v) is 34.9. The largest absolute Gasteiger partial charge is 0.370 e. The summed E-state index contributed by atoms with van der Waals surface area (Å²) >= 11 is 1.63. The van der Waals surface area contributed by atoms with E-state index in [1.807, 2.05) is 114 Å². The first kappa shape index (κ1) is 101. The van der Waals surface area contributed by atoms with Gasteiger partial charge < -0.3 is 62.1 Å². The molecule has 0 bridgehead atoms. The summed E-state index contributed by atoms with van der Waals surface area (Å²) in [5.74, 6) is 2.72. The van der Waals surface area contributed by atoms with E-state index in [4.69, 9.17) is 0 Å². The van der Waals surface area contributed by atoms with Gasteiger partial charge in [-0.05, 0) is 134 Å². The average Bonchev–Trinajstić information content (AvgIpc) is 0.907. The summed E-state index contributed by atoms with van der Waals surface area (Å²) in [6.07, 6.45) is 13.1. The van der Waals surface area contributed by atoms with E-state index in [2.05, 4.69) is 145 Å². The number of thiazole rings is 1. The van der Waals surface area contributed by atoms with Crippen molar-refractivity contribution in [2.24, 2.45) is 41.4 Å². The maximum Gasteiger partial charge on any atom is 0.234 e. The first-order chi connectivity index (χ1) is 53.6. The summed E-state index contributed by atoms with van der Waals surface area (Å²) in [7, 11) is 2.15. The lowest BCUT2D eigenvalue weighted by molar-refractivity contribution is -1.17. The molecule has 2 atom stereocenters. The number of aryl methyl sites for hydroxylation is 1. The van der Waals surface area contributed by atoms with Crippen molar-refractivity contribution in [2.75, 3.05) is 195 Å². The third-order valence-electron chi connectivity index (χ3n) is 20.2. The minimum atomic E-state index is -1.88. The van der Waals surface area contributed by atoms with Crippen molar-refractivity contribution in [3.8, 4) is 0 Å². The number of carbonyl (C=O) groups excluding carboxylic acids is 7. The minimum absolute atomic E-state index is 0.0121. The number of likely N-dealkylation sites (tertiary alicyclic amines) is 3. The predicted octanol–water partition coefficient (Wildman–Crippen LogP) is 9.40. The Kier molecular flexibility index (Phi) is 50.8. The van der Waals surface area contributed by atoms with Crippen molar-refractivity contribution in [3.63, 3.8) is 0 Å². The van der Waals surface area contributed by atoms with Gasteiger partial charge in [-0.15, -0.1) is 11.3 Å². The number of hydrogen-bond donors (Lipinski definition) is 8. The summed E-state index contributed by atoms with van der Waals surface area (Å²) in [6, 6.07) is 19.4. The topological polar surface area (TPSA) is 251 Å². The number of anilines is 1. The van der Waals surface area contributed by atoms with Crippen molar-refractivity contribution in [1.82, 2.24) is 76.9 Å². The van der Waals surface area contributed by atoms with Crippen LogP contribution in [0, 0.1) is 41.4 Å². The SMILES string of the molecule is CC(C)(C)NC(=O)CN1CCCCC1.CC(C)C(=O)NCCN1CCCC(c2ccccc2)C1.CC(C)C(=O)NCCN1CCCc2ccccc21.CC(C)C(=O)NCCN1CCN(C)CC1.CC(C)C(=O)NCCN1CC[N+](F)(F)CC1.CC(C)C(=O)NCCNCc1nccs1.CC1CCCN(CCNC(=O)C(C)C)C1. The number of fused-ring (bicyclic) bond motifs is 1. The molecule has 0 saturated carbocycles. The number of rotatable bonds is 29. The Morgan fingerprint density at radius 2 is 0.929 bits per heavy atom. The maximum atomic E-state index is 12.8. The highest BCUT2D eigenvalue weighted by atomic mass is 32.1. The molecule has 27 heteroatoms. The van der Waals surface area contributed by atoms with Gasteiger partial charge in [0.05, 0.1) is 24.6 Å². The monoisotopic (exact) mass is 1610 g/mol. The van der Waals surface area contributed by atoms with Crippen LogP contribution in [0.5, 0.6) is 0 Å². The molecule has 2 unspecified atom stereocenters. The maximum absolute atomic E-state index is 12.8. The molecule has 9 rings (SSSR count). The fraction of sp³-hybridized carbons (Fsp3) is 0.744. The molecule has 6 aliphatic rings. The Hall–Kier alpha value is -6.30. The second-order valence-electron chi connectivity index (χ2n) is 33.9. The van der Waals surface area contributed by atoms with Gasteiger partial charge in [-0.1, -0.05) is 145 Å². The summed E-state index contributed by atoms with van der Waals surface area (Å²) in [6.45, 7) is 55.0. The van der Waals surface area contributed by atoms with Crippen LogP contribution in [0.15, 0.2) is 66.2 Å². The summed E-state index contributed by atoms with van der Waals surface area (Å²) in [5, 5.41) is 26.7. The molecular weight excluding hydrogens is 1450 g/mol. The third kappa shape index (κ3) is 47.5. The van der Waals surface area contributed by atoms with Crippen LogP contribution in [0.25, 0.3) is 0 Å². The van der Waals surface area contributed by atoms with E-state index in [1.165, 1.54) is 87.7 Å². The van der Waals surface area contributed by atoms with Gasteiger partial charge in [0.1, 0.15) is 5.01 Å². The van der Waals surface area contributed by atoms with E-state index in [0.717, 1.165) is 135 Å². The van der Waals surface area contributed by atoms with Crippen molar-refractivity contribution >= 4 is 58.4 Å². The Bertz CT molecular complexity index is 3070. The van der Waals surface area contributed by atoms with Crippen LogP contribution in [0.4, 0.5) is 14.6 Å². The predicted molar refractivity (Wildman–Crippen MR) is 458 cm³/mol. The number of hydrogen-bond acceptors (Lipinski definition) is 17. The Morgan fingerprint density at radius 3 is 1.41 bits per heavy atom. The van der Waals surface area contributed by atoms with Gasteiger partial charge in [0.15, 0.2) is 13.1 Å². The zero-order valence-electron chi connectivity index (χ0n) is 72.9. The molecule has 644 valence electrons. The van der Waals surface area contributed by atoms with E-state index in [1.54, 1.807) is 17.5 Å². The van der Waals surface area contributed by atoms with E-state index in [-0.39, 0.29) is 95.5 Å². The molecule has 2 aromatic carbocycles. The van der Waals surface area contributed by atoms with E-state index in [0.29, 0.717) is 45.2 Å². The fourth-order valence-electron chi connectivity index (χ4n) is 13.2. The van der Waals surface area contributed by atoms with Crippen molar-refractivity contribution in [1.29, 1.82) is 0 Å². The highest BCUT2D eigenvalue weighted by Crippen LogP contribution is 2.28. The smallest absolute Gasteiger partial charge is 0.234 e. The van der Waals surface area contributed by atoms with Crippen molar-refractivity contribution < 1.29 is 47.5 Å². The fourth-order valence-corrected chi connectivity index (χ4v) is 13.7. The number of amides is 7. The van der Waals surface area contributed by atoms with Gasteiger partial charge in [0.25, 0.3) is 0 Å². The van der Waals surface area contributed by atoms with E-state index < -0.39 is 4.93 Å². The molecular formula is C86H154F2N17O7S+. The molecule has 5 fully saturated rings. The normalized spacial score (nSPS) is 18.3. The molecule has 113 heavy (non-hydrogen) atoms. The lowest BCUT2D eigenvalue weighted by Gasteiger charge is -2.33. The third-order valence-corrected chi connectivity index (χ3v) is 21.0. The highest BCUT2D eigenvalue weighted by molar-refractivity contribution is 7.09. The number of piperidine rings is 3. The summed E-state index contributed by atoms with van der Waals surface area (Å²) in [4.78, 5) is 98.2. The highest BCUT2D eigenvalue weighted by Gasteiger charge is 2.35. The van der Waals surface area contributed by atoms with Crippen molar-refractivity contribution in [2.45, 2.75) is 187 Å². The molecule has 1 aromatic heterocycles. The number of nitrogens with zero attached hydrogens (tertiary/aromatic N) is 9. The van der Waals surface area contributed by atoms with Crippen LogP contribution in [-0.2, 0) is 46.5 Å². The molecule has 0 spiro atoms. The molecule has 5 saturated heterocycles. The molecule has 8 N–H and O–H groups in total. The van der Waals surface area contributed by atoms with Gasteiger partial charge in [-0.3, -0.25) is 48.3 Å². The number of halogens is 2. The zero-order valence-corrected chi connectivity index (χ0v) is 73.7. The first-order valence-corrected chi connectivity index (χ1v) is 43.5. The Balaban J connectivity index is 0.000000343. The number of carbonyl (C=O) groups is 7. The van der Waals surface area contributed by atoms with E-state index >= 15 is 0 Å². The second kappa shape index (κ2) is 56.9. The molecule has 0 aliphatic carbocycles. The molecule has 7 heterocycles. The number of benzene rings is 2. The number of nitrogens with one attached hydrogen (secondary N) is 8. The lowest BCUT2D eigenvalue weighted by atomic mass is 9.91. The number of para-hydroxylation sites is 1. The Labute approximate surface area is 684 Å². The van der Waals surface area contributed by atoms with Crippen LogP contribution < -0.4 is 47.4 Å². The van der Waals surface area contributed by atoms with Crippen LogP contribution in [0.2, 0.25) is 0 Å². The molecule has 0 radical (unpaired) electrons. The van der Waals surface area contributed by atoms with Gasteiger partial charge >= 0.3 is 0 Å². The summed E-state index contributed by atoms with van der Waals surface area (Å²) in [5.41, 5.74) is 4.11. The van der Waals surface area contributed by atoms with Gasteiger partial charge in [0.2, 0.25) is 41.4 Å². The van der Waals surface area contributed by atoms with Crippen LogP contribution in [0.1, 0.15) is 184 Å². The van der Waals surface area contributed by atoms with Gasteiger partial charge in [-0.25, -0.2) is 4.98 Å². The quantitative estimate of drug-likeness (QED) is 0.0238. The molecule has 24 nitrogen and oxygen atoms in total. The minimum Gasteiger partial charge on any atom is -0.370 e.